The van der Waals surface area contributed by atoms with Crippen LogP contribution in [0.4, 0.5) is 5.82 Å². The number of pyridine rings is 1. The van der Waals surface area contributed by atoms with Crippen molar-refractivity contribution in [3.05, 3.63) is 54.4 Å². The molecule has 4 aromatic heterocycles. The number of hydrogen-bond acceptors (Lipinski definition) is 8. The number of allylic oxidation sites excluding steroid dienone is 1. The Labute approximate surface area is 200 Å². The number of aryl methyl sites for hydroxylation is 1. The molecule has 1 saturated heterocycles. The molecule has 11 nitrogen and oxygen atoms in total. The first-order valence-corrected chi connectivity index (χ1v) is 11.6. The number of amides is 1. The van der Waals surface area contributed by atoms with E-state index in [1.807, 2.05) is 25.2 Å². The van der Waals surface area contributed by atoms with Crippen molar-refractivity contribution in [3.63, 3.8) is 0 Å². The molecule has 0 saturated carbocycles. The number of carbonyl (C=O) groups excluding carboxylic acids is 1. The second-order valence-electron chi connectivity index (χ2n) is 9.05. The van der Waals surface area contributed by atoms with Crippen molar-refractivity contribution in [1.82, 2.24) is 39.2 Å². The van der Waals surface area contributed by atoms with E-state index in [0.717, 1.165) is 48.2 Å². The van der Waals surface area contributed by atoms with Crippen molar-refractivity contribution in [3.8, 4) is 22.6 Å². The highest BCUT2D eigenvalue weighted by Gasteiger charge is 2.36. The lowest BCUT2D eigenvalue weighted by Gasteiger charge is -2.26. The summed E-state index contributed by atoms with van der Waals surface area (Å²) in [7, 11) is 1.82. The molecular weight excluding hydrogens is 446 g/mol. The Balaban J connectivity index is 1.33. The topological polar surface area (TPSA) is 140 Å². The minimum atomic E-state index is -0.474. The fraction of sp³-hybridized carbons (Fsp3) is 0.333. The molecule has 2 aliphatic rings. The van der Waals surface area contributed by atoms with Crippen molar-refractivity contribution < 1.29 is 9.90 Å². The van der Waals surface area contributed by atoms with E-state index in [0.29, 0.717) is 23.0 Å². The van der Waals surface area contributed by atoms with Crippen LogP contribution in [0.25, 0.3) is 28.3 Å². The van der Waals surface area contributed by atoms with Crippen LogP contribution in [0.15, 0.2) is 48.7 Å². The van der Waals surface area contributed by atoms with E-state index < -0.39 is 6.61 Å². The molecule has 1 amide bonds. The summed E-state index contributed by atoms with van der Waals surface area (Å²) in [6.07, 6.45) is 10.5. The van der Waals surface area contributed by atoms with Crippen LogP contribution in [0.5, 0.6) is 0 Å². The molecule has 6 heterocycles. The average molecular weight is 472 g/mol. The van der Waals surface area contributed by atoms with Gasteiger partial charge in [0.2, 0.25) is 0 Å². The number of fused-ring (bicyclic) bond motifs is 3. The van der Waals surface area contributed by atoms with Crippen LogP contribution in [-0.4, -0.2) is 62.9 Å². The number of aromatic nitrogens is 7. The highest BCUT2D eigenvalue weighted by atomic mass is 16.3. The SMILES string of the molecule is Cn1cnc(-c2ccc(-c3cnn4c(N)cc([C@H]5CCC6=CC[C@@H](C5)N6C(=O)CO)nc34)cn2)n1. The van der Waals surface area contributed by atoms with E-state index in [9.17, 15) is 9.90 Å². The second kappa shape index (κ2) is 8.27. The number of rotatable bonds is 4. The lowest BCUT2D eigenvalue weighted by molar-refractivity contribution is -0.133. The van der Waals surface area contributed by atoms with Gasteiger partial charge in [0.05, 0.1) is 6.20 Å². The van der Waals surface area contributed by atoms with E-state index in [1.165, 1.54) is 0 Å². The van der Waals surface area contributed by atoms with Crippen LogP contribution in [0, 0.1) is 0 Å². The molecule has 0 unspecified atom stereocenters. The van der Waals surface area contributed by atoms with Gasteiger partial charge in [0, 0.05) is 53.8 Å². The minimum absolute atomic E-state index is 0.0396. The average Bonchev–Trinajstić information content (AvgIpc) is 3.55. The van der Waals surface area contributed by atoms with Gasteiger partial charge in [-0.1, -0.05) is 12.1 Å². The fourth-order valence-corrected chi connectivity index (χ4v) is 5.17. The first-order chi connectivity index (χ1) is 17.0. The quantitative estimate of drug-likeness (QED) is 0.460. The van der Waals surface area contributed by atoms with Gasteiger partial charge < -0.3 is 15.7 Å². The summed E-state index contributed by atoms with van der Waals surface area (Å²) in [5.41, 5.74) is 11.3. The molecule has 1 fully saturated rings. The molecule has 178 valence electrons. The van der Waals surface area contributed by atoms with Gasteiger partial charge >= 0.3 is 0 Å². The summed E-state index contributed by atoms with van der Waals surface area (Å²) in [6.45, 7) is -0.474. The Morgan fingerprint density at radius 1 is 1.26 bits per heavy atom. The molecule has 0 aliphatic carbocycles. The number of aliphatic hydroxyl groups excluding tert-OH is 1. The van der Waals surface area contributed by atoms with Crippen LogP contribution in [0.1, 0.15) is 37.3 Å². The molecule has 0 radical (unpaired) electrons. The van der Waals surface area contributed by atoms with Crippen molar-refractivity contribution in [2.45, 2.75) is 37.6 Å². The highest BCUT2D eigenvalue weighted by Crippen LogP contribution is 2.40. The number of hydrogen-bond donors (Lipinski definition) is 2. The number of anilines is 1. The largest absolute Gasteiger partial charge is 0.387 e. The fourth-order valence-electron chi connectivity index (χ4n) is 5.17. The third-order valence-electron chi connectivity index (χ3n) is 6.85. The standard InChI is InChI=1S/C24H25N9O2/c1-31-13-27-23(30-31)19-7-3-15(10-26-19)18-11-28-33-21(25)9-20(29-24(18)33)14-2-4-16-5-6-17(8-14)32(16)22(35)12-34/h3,5,7,9-11,13-14,17,34H,2,4,6,8,12,25H2,1H3/t14-,17-/m0/s1. The maximum Gasteiger partial charge on any atom is 0.252 e. The predicted molar refractivity (Wildman–Crippen MR) is 128 cm³/mol. The van der Waals surface area contributed by atoms with E-state index in [4.69, 9.17) is 10.7 Å². The summed E-state index contributed by atoms with van der Waals surface area (Å²) < 4.78 is 3.28. The molecular formula is C24H25N9O2. The van der Waals surface area contributed by atoms with E-state index in [2.05, 4.69) is 26.2 Å². The Hall–Kier alpha value is -4.12. The number of aliphatic hydroxyl groups is 1. The zero-order valence-corrected chi connectivity index (χ0v) is 19.2. The van der Waals surface area contributed by atoms with E-state index in [1.54, 1.807) is 32.8 Å². The Bertz CT molecular complexity index is 1450. The Morgan fingerprint density at radius 3 is 2.89 bits per heavy atom. The number of carbonyl (C=O) groups is 1. The van der Waals surface area contributed by atoms with Crippen molar-refractivity contribution in [2.75, 3.05) is 12.3 Å². The van der Waals surface area contributed by atoms with Gasteiger partial charge in [-0.15, -0.1) is 5.10 Å². The molecule has 0 aromatic carbocycles. The first kappa shape index (κ1) is 21.4. The molecule has 4 aromatic rings. The third-order valence-corrected chi connectivity index (χ3v) is 6.85. The zero-order chi connectivity index (χ0) is 24.1. The Morgan fingerprint density at radius 2 is 2.14 bits per heavy atom. The van der Waals surface area contributed by atoms with Gasteiger partial charge in [0.15, 0.2) is 11.5 Å². The van der Waals surface area contributed by atoms with Crippen LogP contribution in [-0.2, 0) is 11.8 Å². The van der Waals surface area contributed by atoms with Crippen LogP contribution in [0.2, 0.25) is 0 Å². The summed E-state index contributed by atoms with van der Waals surface area (Å²) >= 11 is 0. The molecule has 35 heavy (non-hydrogen) atoms. The number of nitrogens with zero attached hydrogens (tertiary/aromatic N) is 8. The summed E-state index contributed by atoms with van der Waals surface area (Å²) in [6, 6.07) is 5.76. The Kier molecular flexibility index (Phi) is 5.06. The van der Waals surface area contributed by atoms with Gasteiger partial charge in [0.25, 0.3) is 5.91 Å². The predicted octanol–water partition coefficient (Wildman–Crippen LogP) is 1.91. The third kappa shape index (κ3) is 3.64. The summed E-state index contributed by atoms with van der Waals surface area (Å²) in [5, 5.41) is 18.2. The maximum atomic E-state index is 12.3. The van der Waals surface area contributed by atoms with Gasteiger partial charge in [-0.3, -0.25) is 14.5 Å². The normalized spacial score (nSPS) is 19.7. The first-order valence-electron chi connectivity index (χ1n) is 11.6. The summed E-state index contributed by atoms with van der Waals surface area (Å²) in [4.78, 5) is 27.9. The van der Waals surface area contributed by atoms with E-state index >= 15 is 0 Å². The molecule has 2 atom stereocenters. The van der Waals surface area contributed by atoms with Crippen LogP contribution in [0.3, 0.4) is 0 Å². The number of nitrogens with two attached hydrogens (primary N) is 1. The maximum absolute atomic E-state index is 12.3. The highest BCUT2D eigenvalue weighted by molar-refractivity contribution is 5.80. The van der Waals surface area contributed by atoms with Crippen LogP contribution < -0.4 is 5.73 Å². The van der Waals surface area contributed by atoms with Gasteiger partial charge in [-0.25, -0.2) is 9.97 Å². The van der Waals surface area contributed by atoms with Crippen LogP contribution >= 0.6 is 0 Å². The number of nitrogen functional groups attached to an aromatic ring is 1. The van der Waals surface area contributed by atoms with Crippen molar-refractivity contribution >= 4 is 17.4 Å². The molecule has 3 N–H and O–H groups in total. The lowest BCUT2D eigenvalue weighted by atomic mass is 9.90. The van der Waals surface area contributed by atoms with E-state index in [-0.39, 0.29) is 17.9 Å². The summed E-state index contributed by atoms with van der Waals surface area (Å²) in [5.74, 6) is 0.980. The smallest absolute Gasteiger partial charge is 0.252 e. The molecule has 2 aliphatic heterocycles. The van der Waals surface area contributed by atoms with Crippen molar-refractivity contribution in [1.29, 1.82) is 0 Å². The molecule has 11 heteroatoms. The monoisotopic (exact) mass is 471 g/mol. The molecule has 6 rings (SSSR count). The van der Waals surface area contributed by atoms with Gasteiger partial charge in [0.1, 0.15) is 24.4 Å². The van der Waals surface area contributed by atoms with Crippen molar-refractivity contribution in [2.24, 2.45) is 7.05 Å². The lowest BCUT2D eigenvalue weighted by Crippen LogP contribution is -2.37. The molecule has 0 spiro atoms. The molecule has 2 bridgehead atoms. The second-order valence-corrected chi connectivity index (χ2v) is 9.05. The van der Waals surface area contributed by atoms with Gasteiger partial charge in [-0.2, -0.15) is 9.61 Å². The van der Waals surface area contributed by atoms with Gasteiger partial charge in [-0.05, 0) is 31.7 Å². The minimum Gasteiger partial charge on any atom is -0.387 e. The zero-order valence-electron chi connectivity index (χ0n) is 19.2.